The Hall–Kier alpha value is -1.68. The molecule has 0 saturated carbocycles. The van der Waals surface area contributed by atoms with Crippen molar-refractivity contribution in [3.05, 3.63) is 52.0 Å². The van der Waals surface area contributed by atoms with Gasteiger partial charge in [0.2, 0.25) is 5.91 Å². The van der Waals surface area contributed by atoms with Crippen molar-refractivity contribution in [1.82, 2.24) is 10.3 Å². The van der Waals surface area contributed by atoms with E-state index in [2.05, 4.69) is 22.4 Å². The third kappa shape index (κ3) is 4.78. The minimum Gasteiger partial charge on any atom is -0.350 e. The van der Waals surface area contributed by atoms with Crippen molar-refractivity contribution >= 4 is 17.2 Å². The first-order valence-electron chi connectivity index (χ1n) is 6.87. The fraction of sp³-hybridized carbons (Fsp3) is 0.375. The highest BCUT2D eigenvalue weighted by atomic mass is 32.1. The third-order valence-electron chi connectivity index (χ3n) is 2.85. The van der Waals surface area contributed by atoms with Gasteiger partial charge in [-0.1, -0.05) is 44.2 Å². The van der Waals surface area contributed by atoms with Crippen LogP contribution in [0, 0.1) is 5.92 Å². The molecule has 3 nitrogen and oxygen atoms in total. The van der Waals surface area contributed by atoms with Crippen molar-refractivity contribution in [2.45, 2.75) is 33.2 Å². The van der Waals surface area contributed by atoms with Gasteiger partial charge < -0.3 is 5.32 Å². The van der Waals surface area contributed by atoms with E-state index in [-0.39, 0.29) is 5.91 Å². The molecule has 1 aromatic heterocycles. The average molecular weight is 288 g/mol. The first-order valence-corrected chi connectivity index (χ1v) is 7.69. The van der Waals surface area contributed by atoms with Gasteiger partial charge in [-0.25, -0.2) is 4.98 Å². The molecule has 0 aliphatic rings. The number of nitrogens with one attached hydrogen (secondary N) is 1. The molecular weight excluding hydrogens is 268 g/mol. The van der Waals surface area contributed by atoms with Crippen LogP contribution in [-0.2, 0) is 17.8 Å². The van der Waals surface area contributed by atoms with Crippen molar-refractivity contribution in [3.8, 4) is 0 Å². The molecule has 1 aromatic carbocycles. The molecule has 0 aliphatic carbocycles. The fourth-order valence-corrected chi connectivity index (χ4v) is 2.82. The van der Waals surface area contributed by atoms with Crippen molar-refractivity contribution in [2.75, 3.05) is 0 Å². The van der Waals surface area contributed by atoms with Gasteiger partial charge in [0.1, 0.15) is 5.01 Å². The van der Waals surface area contributed by atoms with E-state index < -0.39 is 0 Å². The van der Waals surface area contributed by atoms with Crippen LogP contribution in [0.25, 0.3) is 0 Å². The van der Waals surface area contributed by atoms with E-state index in [0.717, 1.165) is 11.4 Å². The van der Waals surface area contributed by atoms with Crippen molar-refractivity contribution in [3.63, 3.8) is 0 Å². The number of benzene rings is 1. The third-order valence-corrected chi connectivity index (χ3v) is 3.85. The Morgan fingerprint density at radius 2 is 2.05 bits per heavy atom. The highest BCUT2D eigenvalue weighted by molar-refractivity contribution is 7.11. The Bertz CT molecular complexity index is 549. The summed E-state index contributed by atoms with van der Waals surface area (Å²) in [6.45, 7) is 4.62. The molecule has 0 saturated heterocycles. The van der Waals surface area contributed by atoms with Gasteiger partial charge in [-0.3, -0.25) is 4.79 Å². The van der Waals surface area contributed by atoms with E-state index in [9.17, 15) is 4.79 Å². The highest BCUT2D eigenvalue weighted by Gasteiger charge is 2.07. The van der Waals surface area contributed by atoms with Crippen LogP contribution in [0.15, 0.2) is 36.5 Å². The van der Waals surface area contributed by atoms with E-state index in [0.29, 0.717) is 18.9 Å². The van der Waals surface area contributed by atoms with Gasteiger partial charge in [-0.2, -0.15) is 0 Å². The summed E-state index contributed by atoms with van der Waals surface area (Å²) in [5.41, 5.74) is 1.28. The summed E-state index contributed by atoms with van der Waals surface area (Å²) < 4.78 is 0. The van der Waals surface area contributed by atoms with Crippen molar-refractivity contribution in [1.29, 1.82) is 0 Å². The maximum absolute atomic E-state index is 11.6. The number of hydrogen-bond donors (Lipinski definition) is 1. The Morgan fingerprint density at radius 1 is 1.30 bits per heavy atom. The van der Waals surface area contributed by atoms with E-state index in [1.807, 2.05) is 38.2 Å². The van der Waals surface area contributed by atoms with Gasteiger partial charge in [-0.15, -0.1) is 11.3 Å². The second kappa shape index (κ2) is 7.20. The average Bonchev–Trinajstić information content (AvgIpc) is 2.84. The summed E-state index contributed by atoms with van der Waals surface area (Å²) in [4.78, 5) is 17.2. The quantitative estimate of drug-likeness (QED) is 0.885. The normalized spacial score (nSPS) is 10.8. The molecule has 2 aromatic rings. The van der Waals surface area contributed by atoms with Crippen LogP contribution in [0.1, 0.15) is 35.7 Å². The number of carbonyl (C=O) groups is 1. The molecule has 0 atom stereocenters. The Labute approximate surface area is 124 Å². The topological polar surface area (TPSA) is 42.0 Å². The molecule has 1 amide bonds. The standard InChI is InChI=1S/C16H20N2OS/c1-12(2)8-15(19)17-11-16-18-10-14(20-16)9-13-6-4-3-5-7-13/h3-7,10,12H,8-9,11H2,1-2H3,(H,17,19). The summed E-state index contributed by atoms with van der Waals surface area (Å²) in [6, 6.07) is 10.3. The lowest BCUT2D eigenvalue weighted by Crippen LogP contribution is -2.23. The fourth-order valence-electron chi connectivity index (χ4n) is 1.93. The van der Waals surface area contributed by atoms with Crippen LogP contribution in [-0.4, -0.2) is 10.9 Å². The summed E-state index contributed by atoms with van der Waals surface area (Å²) >= 11 is 1.66. The summed E-state index contributed by atoms with van der Waals surface area (Å²) in [7, 11) is 0. The number of amides is 1. The minimum absolute atomic E-state index is 0.0970. The number of aromatic nitrogens is 1. The molecule has 106 valence electrons. The second-order valence-electron chi connectivity index (χ2n) is 5.26. The lowest BCUT2D eigenvalue weighted by atomic mass is 10.1. The van der Waals surface area contributed by atoms with Gasteiger partial charge in [0.05, 0.1) is 6.54 Å². The number of carbonyl (C=O) groups excluding carboxylic acids is 1. The molecule has 20 heavy (non-hydrogen) atoms. The number of nitrogens with zero attached hydrogens (tertiary/aromatic N) is 1. The maximum Gasteiger partial charge on any atom is 0.220 e. The van der Waals surface area contributed by atoms with Crippen LogP contribution in [0.2, 0.25) is 0 Å². The molecule has 2 rings (SSSR count). The van der Waals surface area contributed by atoms with E-state index in [1.54, 1.807) is 11.3 Å². The highest BCUT2D eigenvalue weighted by Crippen LogP contribution is 2.17. The Kier molecular flexibility index (Phi) is 5.30. The zero-order valence-corrected chi connectivity index (χ0v) is 12.7. The van der Waals surface area contributed by atoms with Crippen molar-refractivity contribution in [2.24, 2.45) is 5.92 Å². The largest absolute Gasteiger partial charge is 0.350 e. The van der Waals surface area contributed by atoms with Gasteiger partial charge in [-0.05, 0) is 11.5 Å². The molecule has 0 bridgehead atoms. The molecule has 1 heterocycles. The minimum atomic E-state index is 0.0970. The smallest absolute Gasteiger partial charge is 0.220 e. The number of rotatable bonds is 6. The summed E-state index contributed by atoms with van der Waals surface area (Å²) in [5, 5.41) is 3.88. The number of thiazole rings is 1. The van der Waals surface area contributed by atoms with E-state index >= 15 is 0 Å². The van der Waals surface area contributed by atoms with Crippen LogP contribution in [0.4, 0.5) is 0 Å². The molecule has 0 radical (unpaired) electrons. The first-order chi connectivity index (χ1) is 9.63. The predicted octanol–water partition coefficient (Wildman–Crippen LogP) is 3.40. The molecule has 4 heteroatoms. The van der Waals surface area contributed by atoms with E-state index in [1.165, 1.54) is 10.4 Å². The lowest BCUT2D eigenvalue weighted by molar-refractivity contribution is -0.121. The molecular formula is C16H20N2OS. The van der Waals surface area contributed by atoms with Gasteiger partial charge in [0.15, 0.2) is 0 Å². The second-order valence-corrected chi connectivity index (χ2v) is 6.46. The summed E-state index contributed by atoms with van der Waals surface area (Å²) in [6.07, 6.45) is 3.38. The predicted molar refractivity (Wildman–Crippen MR) is 82.7 cm³/mol. The van der Waals surface area contributed by atoms with Gasteiger partial charge in [0, 0.05) is 23.9 Å². The molecule has 0 aliphatic heterocycles. The SMILES string of the molecule is CC(C)CC(=O)NCc1ncc(Cc2ccccc2)s1. The molecule has 0 spiro atoms. The van der Waals surface area contributed by atoms with Crippen LogP contribution in [0.5, 0.6) is 0 Å². The molecule has 0 fully saturated rings. The number of hydrogen-bond acceptors (Lipinski definition) is 3. The molecule has 0 unspecified atom stereocenters. The van der Waals surface area contributed by atoms with Crippen molar-refractivity contribution < 1.29 is 4.79 Å². The van der Waals surface area contributed by atoms with Crippen LogP contribution >= 0.6 is 11.3 Å². The first kappa shape index (κ1) is 14.7. The van der Waals surface area contributed by atoms with Gasteiger partial charge in [0.25, 0.3) is 0 Å². The van der Waals surface area contributed by atoms with Crippen LogP contribution in [0.3, 0.4) is 0 Å². The Morgan fingerprint density at radius 3 is 2.75 bits per heavy atom. The van der Waals surface area contributed by atoms with E-state index in [4.69, 9.17) is 0 Å². The lowest BCUT2D eigenvalue weighted by Gasteiger charge is -2.04. The maximum atomic E-state index is 11.6. The zero-order valence-electron chi connectivity index (χ0n) is 11.9. The summed E-state index contributed by atoms with van der Waals surface area (Å²) in [5.74, 6) is 0.486. The van der Waals surface area contributed by atoms with Gasteiger partial charge >= 0.3 is 0 Å². The molecule has 1 N–H and O–H groups in total. The Balaban J connectivity index is 1.85. The monoisotopic (exact) mass is 288 g/mol. The van der Waals surface area contributed by atoms with Crippen LogP contribution < -0.4 is 5.32 Å². The zero-order chi connectivity index (χ0) is 14.4.